The van der Waals surface area contributed by atoms with Crippen molar-refractivity contribution in [3.8, 4) is 0 Å². The van der Waals surface area contributed by atoms with Gasteiger partial charge in [0.2, 0.25) is 5.91 Å². The Balaban J connectivity index is 1.61. The molecule has 0 spiro atoms. The molecule has 0 aliphatic heterocycles. The maximum atomic E-state index is 12.0. The molecule has 0 radical (unpaired) electrons. The molecule has 6 nitrogen and oxygen atoms in total. The summed E-state index contributed by atoms with van der Waals surface area (Å²) < 4.78 is 3.68. The summed E-state index contributed by atoms with van der Waals surface area (Å²) in [5, 5.41) is 7.61. The summed E-state index contributed by atoms with van der Waals surface area (Å²) in [7, 11) is 1.77. The molecule has 2 aromatic heterocycles. The van der Waals surface area contributed by atoms with Crippen LogP contribution in [-0.4, -0.2) is 31.8 Å². The molecule has 2 heterocycles. The zero-order chi connectivity index (χ0) is 18.0. The van der Waals surface area contributed by atoms with Gasteiger partial charge in [-0.1, -0.05) is 23.7 Å². The number of carbonyl (C=O) groups excluding carboxylic acids is 1. The second-order valence-corrected chi connectivity index (χ2v) is 6.20. The van der Waals surface area contributed by atoms with Crippen LogP contribution in [-0.2, 0) is 18.4 Å². The topological polar surface area (TPSA) is 64.7 Å². The minimum Gasteiger partial charge on any atom is -0.351 e. The lowest BCUT2D eigenvalue weighted by atomic mass is 10.2. The number of fused-ring (bicyclic) bond motifs is 1. The van der Waals surface area contributed by atoms with E-state index >= 15 is 0 Å². The number of hydrogen-bond donors (Lipinski definition) is 1. The van der Waals surface area contributed by atoms with Crippen molar-refractivity contribution in [1.29, 1.82) is 0 Å². The Morgan fingerprint density at radius 3 is 2.80 bits per heavy atom. The van der Waals surface area contributed by atoms with Crippen LogP contribution < -0.4 is 5.32 Å². The summed E-state index contributed by atoms with van der Waals surface area (Å²) in [6.45, 7) is 5.01. The van der Waals surface area contributed by atoms with Crippen molar-refractivity contribution >= 4 is 34.6 Å². The molecule has 7 heteroatoms. The summed E-state index contributed by atoms with van der Waals surface area (Å²) in [5.74, 6) is 0.769. The molecule has 0 aliphatic rings. The zero-order valence-corrected chi connectivity index (χ0v) is 15.2. The number of benzene rings is 1. The highest BCUT2D eigenvalue weighted by Gasteiger charge is 2.09. The molecule has 25 heavy (non-hydrogen) atoms. The number of aromatic nitrogens is 4. The van der Waals surface area contributed by atoms with Crippen molar-refractivity contribution in [2.45, 2.75) is 20.4 Å². The molecule has 0 fully saturated rings. The predicted octanol–water partition coefficient (Wildman–Crippen LogP) is 2.87. The van der Waals surface area contributed by atoms with Gasteiger partial charge in [0.25, 0.3) is 0 Å². The Kier molecular flexibility index (Phi) is 4.90. The Bertz CT molecular complexity index is 954. The van der Waals surface area contributed by atoms with E-state index in [-0.39, 0.29) is 5.91 Å². The van der Waals surface area contributed by atoms with E-state index in [4.69, 9.17) is 11.6 Å². The van der Waals surface area contributed by atoms with Gasteiger partial charge in [0.15, 0.2) is 0 Å². The summed E-state index contributed by atoms with van der Waals surface area (Å²) >= 11 is 6.15. The van der Waals surface area contributed by atoms with Crippen molar-refractivity contribution in [1.82, 2.24) is 24.6 Å². The number of para-hydroxylation sites is 2. The van der Waals surface area contributed by atoms with Crippen molar-refractivity contribution in [3.05, 3.63) is 52.6 Å². The number of hydrogen-bond acceptors (Lipinski definition) is 3. The predicted molar refractivity (Wildman–Crippen MR) is 99.5 cm³/mol. The second-order valence-electron chi connectivity index (χ2n) is 5.84. The fourth-order valence-electron chi connectivity index (χ4n) is 2.82. The van der Waals surface area contributed by atoms with Crippen LogP contribution in [0.1, 0.15) is 17.1 Å². The first-order valence-electron chi connectivity index (χ1n) is 8.04. The average Bonchev–Trinajstić information content (AvgIpc) is 3.02. The van der Waals surface area contributed by atoms with Crippen LogP contribution in [0.2, 0.25) is 5.15 Å². The second kappa shape index (κ2) is 7.11. The Morgan fingerprint density at radius 1 is 1.32 bits per heavy atom. The van der Waals surface area contributed by atoms with E-state index in [9.17, 15) is 4.79 Å². The van der Waals surface area contributed by atoms with Gasteiger partial charge in [0, 0.05) is 31.8 Å². The van der Waals surface area contributed by atoms with Crippen LogP contribution >= 0.6 is 11.6 Å². The molecular formula is C18H20ClN5O. The van der Waals surface area contributed by atoms with Crippen molar-refractivity contribution in [2.75, 3.05) is 6.54 Å². The highest BCUT2D eigenvalue weighted by molar-refractivity contribution is 6.31. The third-order valence-corrected chi connectivity index (χ3v) is 4.53. The number of halogens is 1. The summed E-state index contributed by atoms with van der Waals surface area (Å²) in [5.41, 5.74) is 3.59. The molecule has 0 saturated heterocycles. The van der Waals surface area contributed by atoms with Gasteiger partial charge in [-0.15, -0.1) is 0 Å². The lowest BCUT2D eigenvalue weighted by Gasteiger charge is -2.07. The molecule has 1 N–H and O–H groups in total. The first-order valence-corrected chi connectivity index (χ1v) is 8.42. The molecule has 0 bridgehead atoms. The van der Waals surface area contributed by atoms with Crippen LogP contribution in [0.3, 0.4) is 0 Å². The Morgan fingerprint density at radius 2 is 2.08 bits per heavy atom. The number of imidazole rings is 1. The van der Waals surface area contributed by atoms with Gasteiger partial charge >= 0.3 is 0 Å². The number of nitrogens with zero attached hydrogens (tertiary/aromatic N) is 4. The molecule has 0 atom stereocenters. The van der Waals surface area contributed by atoms with E-state index in [1.165, 1.54) is 6.08 Å². The van der Waals surface area contributed by atoms with Gasteiger partial charge in [-0.25, -0.2) is 4.98 Å². The maximum absolute atomic E-state index is 12.0. The zero-order valence-electron chi connectivity index (χ0n) is 14.5. The monoisotopic (exact) mass is 357 g/mol. The van der Waals surface area contributed by atoms with E-state index in [2.05, 4.69) is 20.0 Å². The average molecular weight is 358 g/mol. The quantitative estimate of drug-likeness (QED) is 0.714. The Labute approximate surface area is 151 Å². The first-order chi connectivity index (χ1) is 12.0. The van der Waals surface area contributed by atoms with Gasteiger partial charge < -0.3 is 9.88 Å². The van der Waals surface area contributed by atoms with Gasteiger partial charge in [0.05, 0.1) is 16.7 Å². The maximum Gasteiger partial charge on any atom is 0.244 e. The molecule has 0 saturated carbocycles. The van der Waals surface area contributed by atoms with Crippen LogP contribution in [0.5, 0.6) is 0 Å². The fourth-order valence-corrected chi connectivity index (χ4v) is 3.06. The van der Waals surface area contributed by atoms with Gasteiger partial charge in [-0.3, -0.25) is 9.48 Å². The van der Waals surface area contributed by atoms with Gasteiger partial charge in [-0.05, 0) is 32.1 Å². The number of amides is 1. The van der Waals surface area contributed by atoms with E-state index in [0.29, 0.717) is 18.2 Å². The minimum absolute atomic E-state index is 0.165. The van der Waals surface area contributed by atoms with E-state index in [1.807, 2.05) is 38.1 Å². The summed E-state index contributed by atoms with van der Waals surface area (Å²) in [4.78, 5) is 16.6. The normalized spacial score (nSPS) is 11.5. The van der Waals surface area contributed by atoms with E-state index < -0.39 is 0 Å². The molecule has 3 aromatic rings. The fraction of sp³-hybridized carbons (Fsp3) is 0.278. The summed E-state index contributed by atoms with van der Waals surface area (Å²) in [6.07, 6.45) is 3.17. The molecule has 1 amide bonds. The molecular weight excluding hydrogens is 338 g/mol. The van der Waals surface area contributed by atoms with Gasteiger partial charge in [-0.2, -0.15) is 5.10 Å². The van der Waals surface area contributed by atoms with E-state index in [1.54, 1.807) is 17.8 Å². The molecule has 3 rings (SSSR count). The highest BCUT2D eigenvalue weighted by Crippen LogP contribution is 2.19. The van der Waals surface area contributed by atoms with Crippen molar-refractivity contribution in [2.24, 2.45) is 7.05 Å². The third kappa shape index (κ3) is 3.58. The summed E-state index contributed by atoms with van der Waals surface area (Å²) in [6, 6.07) is 7.98. The standard InChI is InChI=1S/C18H20ClN5O/c1-12-14(18(19)23(3)22-12)8-9-17(25)20-10-11-24-13(2)21-15-6-4-5-7-16(15)24/h4-9H,10-11H2,1-3H3,(H,20,25)/b9-8+. The lowest BCUT2D eigenvalue weighted by Crippen LogP contribution is -2.25. The lowest BCUT2D eigenvalue weighted by molar-refractivity contribution is -0.116. The number of rotatable bonds is 5. The van der Waals surface area contributed by atoms with Gasteiger partial charge in [0.1, 0.15) is 11.0 Å². The molecule has 0 unspecified atom stereocenters. The largest absolute Gasteiger partial charge is 0.351 e. The number of nitrogens with one attached hydrogen (secondary N) is 1. The number of aryl methyl sites for hydroxylation is 3. The van der Waals surface area contributed by atoms with Crippen molar-refractivity contribution < 1.29 is 4.79 Å². The van der Waals surface area contributed by atoms with E-state index in [0.717, 1.165) is 28.1 Å². The van der Waals surface area contributed by atoms with Crippen molar-refractivity contribution in [3.63, 3.8) is 0 Å². The SMILES string of the molecule is Cc1nn(C)c(Cl)c1/C=C/C(=O)NCCn1c(C)nc2ccccc21. The molecule has 1 aromatic carbocycles. The van der Waals surface area contributed by atoms with Crippen LogP contribution in [0.4, 0.5) is 0 Å². The minimum atomic E-state index is -0.165. The number of carbonyl (C=O) groups is 1. The third-order valence-electron chi connectivity index (χ3n) is 4.08. The van der Waals surface area contributed by atoms with Crippen LogP contribution in [0.25, 0.3) is 17.1 Å². The molecule has 0 aliphatic carbocycles. The highest BCUT2D eigenvalue weighted by atomic mass is 35.5. The first kappa shape index (κ1) is 17.2. The Hall–Kier alpha value is -2.60. The smallest absolute Gasteiger partial charge is 0.244 e. The molecule has 130 valence electrons. The van der Waals surface area contributed by atoms with Crippen LogP contribution in [0, 0.1) is 13.8 Å². The van der Waals surface area contributed by atoms with Crippen LogP contribution in [0.15, 0.2) is 30.3 Å².